The SMILES string of the molecule is O=S(O)CO.[Na+]. The summed E-state index contributed by atoms with van der Waals surface area (Å²) in [5.74, 6) is -0.667. The quantitative estimate of drug-likeness (QED) is 0.274. The van der Waals surface area contributed by atoms with Crippen LogP contribution in [0.25, 0.3) is 0 Å². The van der Waals surface area contributed by atoms with Gasteiger partial charge in [-0.2, -0.15) is 0 Å². The molecule has 6 heavy (non-hydrogen) atoms. The molecule has 5 heteroatoms. The average Bonchev–Trinajstić information content (AvgIpc) is 1.38. The van der Waals surface area contributed by atoms with E-state index in [9.17, 15) is 4.21 Å². The van der Waals surface area contributed by atoms with E-state index in [2.05, 4.69) is 0 Å². The summed E-state index contributed by atoms with van der Waals surface area (Å²) >= 11 is -2.02. The molecular weight excluding hydrogens is 115 g/mol. The summed E-state index contributed by atoms with van der Waals surface area (Å²) in [6, 6.07) is 0. The van der Waals surface area contributed by atoms with Crippen molar-refractivity contribution in [3.63, 3.8) is 0 Å². The van der Waals surface area contributed by atoms with Gasteiger partial charge in [0.1, 0.15) is 5.94 Å². The summed E-state index contributed by atoms with van der Waals surface area (Å²) in [7, 11) is 0. The molecule has 0 amide bonds. The summed E-state index contributed by atoms with van der Waals surface area (Å²) in [6.07, 6.45) is 0. The van der Waals surface area contributed by atoms with Gasteiger partial charge in [0.25, 0.3) is 0 Å². The Morgan fingerprint density at radius 2 is 1.83 bits per heavy atom. The van der Waals surface area contributed by atoms with Crippen LogP contribution in [0.4, 0.5) is 0 Å². The van der Waals surface area contributed by atoms with E-state index in [0.29, 0.717) is 0 Å². The van der Waals surface area contributed by atoms with Crippen molar-refractivity contribution >= 4 is 11.1 Å². The van der Waals surface area contributed by atoms with E-state index in [1.165, 1.54) is 0 Å². The molecule has 0 aliphatic heterocycles. The maximum absolute atomic E-state index is 9.23. The van der Waals surface area contributed by atoms with Gasteiger partial charge in [-0.1, -0.05) is 0 Å². The molecule has 0 saturated carbocycles. The molecule has 0 aliphatic carbocycles. The van der Waals surface area contributed by atoms with Crippen LogP contribution < -0.4 is 29.6 Å². The molecule has 3 nitrogen and oxygen atoms in total. The van der Waals surface area contributed by atoms with Gasteiger partial charge in [0, 0.05) is 0 Å². The molecule has 0 aromatic heterocycles. The van der Waals surface area contributed by atoms with Crippen LogP contribution in [0.15, 0.2) is 0 Å². The molecule has 0 aromatic carbocycles. The Morgan fingerprint density at radius 3 is 1.83 bits per heavy atom. The molecule has 0 aromatic rings. The molecule has 32 valence electrons. The molecule has 0 heterocycles. The van der Waals surface area contributed by atoms with Crippen LogP contribution in [-0.4, -0.2) is 19.8 Å². The molecule has 1 atom stereocenters. The van der Waals surface area contributed by atoms with Gasteiger partial charge in [0.2, 0.25) is 0 Å². The average molecular weight is 119 g/mol. The molecule has 0 aliphatic rings. The van der Waals surface area contributed by atoms with E-state index < -0.39 is 17.0 Å². The third kappa shape index (κ3) is 8.91. The standard InChI is InChI=1S/CH4O3S.Na/c2-1-5(3)4;/h2H,1H2,(H,3,4);/q;+1. The molecule has 2 N–H and O–H groups in total. The maximum Gasteiger partial charge on any atom is 1.00 e. The predicted molar refractivity (Wildman–Crippen MR) is 17.9 cm³/mol. The molecule has 0 fully saturated rings. The third-order valence-electron chi connectivity index (χ3n) is 0.110. The van der Waals surface area contributed by atoms with Crippen LogP contribution in [-0.2, 0) is 11.1 Å². The summed E-state index contributed by atoms with van der Waals surface area (Å²) < 4.78 is 16.8. The first-order valence-electron chi connectivity index (χ1n) is 0.954. The van der Waals surface area contributed by atoms with Gasteiger partial charge in [-0.15, -0.1) is 0 Å². The minimum Gasteiger partial charge on any atom is -0.381 e. The van der Waals surface area contributed by atoms with Crippen molar-refractivity contribution in [1.29, 1.82) is 0 Å². The number of aliphatic hydroxyl groups is 1. The smallest absolute Gasteiger partial charge is 0.381 e. The number of rotatable bonds is 1. The van der Waals surface area contributed by atoms with E-state index in [4.69, 9.17) is 9.66 Å². The van der Waals surface area contributed by atoms with Crippen LogP contribution in [0.3, 0.4) is 0 Å². The molecule has 0 saturated heterocycles. The van der Waals surface area contributed by atoms with Crippen molar-refractivity contribution in [3.05, 3.63) is 0 Å². The fourth-order valence-corrected chi connectivity index (χ4v) is 0. The molecule has 0 bridgehead atoms. The number of aliphatic hydroxyl groups excluding tert-OH is 1. The molecular formula is CH4NaO3S+. The zero-order valence-electron chi connectivity index (χ0n) is 3.42. The Balaban J connectivity index is 0. The Bertz CT molecular complexity index is 46.1. The largest absolute Gasteiger partial charge is 1.00 e. The van der Waals surface area contributed by atoms with Gasteiger partial charge >= 0.3 is 29.6 Å². The summed E-state index contributed by atoms with van der Waals surface area (Å²) in [5, 5.41) is 7.59. The topological polar surface area (TPSA) is 57.5 Å². The van der Waals surface area contributed by atoms with Gasteiger partial charge in [0.15, 0.2) is 11.1 Å². The fraction of sp³-hybridized carbons (Fsp3) is 1.00. The Morgan fingerprint density at radius 1 is 1.67 bits per heavy atom. The van der Waals surface area contributed by atoms with Crippen molar-refractivity contribution in [2.75, 3.05) is 5.94 Å². The van der Waals surface area contributed by atoms with Crippen molar-refractivity contribution in [1.82, 2.24) is 0 Å². The van der Waals surface area contributed by atoms with Crippen LogP contribution >= 0.6 is 0 Å². The van der Waals surface area contributed by atoms with E-state index >= 15 is 0 Å². The summed E-state index contributed by atoms with van der Waals surface area (Å²) in [6.45, 7) is 0. The first-order valence-corrected chi connectivity index (χ1v) is 2.23. The second kappa shape index (κ2) is 6.07. The van der Waals surface area contributed by atoms with E-state index in [1.54, 1.807) is 0 Å². The minimum absolute atomic E-state index is 0. The van der Waals surface area contributed by atoms with E-state index in [1.807, 2.05) is 0 Å². The van der Waals surface area contributed by atoms with Crippen LogP contribution in [0, 0.1) is 0 Å². The third-order valence-corrected chi connectivity index (χ3v) is 0.331. The van der Waals surface area contributed by atoms with E-state index in [-0.39, 0.29) is 29.6 Å². The normalized spacial score (nSPS) is 12.3. The number of hydrogen-bond acceptors (Lipinski definition) is 2. The Labute approximate surface area is 60.3 Å². The van der Waals surface area contributed by atoms with Crippen molar-refractivity contribution in [2.24, 2.45) is 0 Å². The first kappa shape index (κ1) is 10.1. The predicted octanol–water partition coefficient (Wildman–Crippen LogP) is -3.84. The Hall–Kier alpha value is 1.07. The van der Waals surface area contributed by atoms with Gasteiger partial charge in [0.05, 0.1) is 0 Å². The monoisotopic (exact) mass is 119 g/mol. The van der Waals surface area contributed by atoms with Crippen LogP contribution in [0.5, 0.6) is 0 Å². The zero-order chi connectivity index (χ0) is 4.28. The summed E-state index contributed by atoms with van der Waals surface area (Å²) in [4.78, 5) is 0. The van der Waals surface area contributed by atoms with Gasteiger partial charge in [-0.25, -0.2) is 4.21 Å². The Kier molecular flexibility index (Phi) is 10.3. The van der Waals surface area contributed by atoms with E-state index in [0.717, 1.165) is 0 Å². The molecule has 0 spiro atoms. The number of hydrogen-bond donors (Lipinski definition) is 2. The first-order chi connectivity index (χ1) is 2.27. The molecule has 1 unspecified atom stereocenters. The van der Waals surface area contributed by atoms with Crippen molar-refractivity contribution in [2.45, 2.75) is 0 Å². The van der Waals surface area contributed by atoms with Gasteiger partial charge < -0.3 is 9.66 Å². The van der Waals surface area contributed by atoms with Gasteiger partial charge in [-0.3, -0.25) is 0 Å². The van der Waals surface area contributed by atoms with Crippen molar-refractivity contribution < 1.29 is 43.4 Å². The van der Waals surface area contributed by atoms with Crippen LogP contribution in [0.2, 0.25) is 0 Å². The second-order valence-electron chi connectivity index (χ2n) is 0.451. The molecule has 0 rings (SSSR count). The summed E-state index contributed by atoms with van der Waals surface area (Å²) in [5.41, 5.74) is 0. The fourth-order valence-electron chi connectivity index (χ4n) is 0. The van der Waals surface area contributed by atoms with Gasteiger partial charge in [-0.05, 0) is 0 Å². The van der Waals surface area contributed by atoms with Crippen LogP contribution in [0.1, 0.15) is 0 Å². The second-order valence-corrected chi connectivity index (χ2v) is 1.35. The zero-order valence-corrected chi connectivity index (χ0v) is 6.23. The molecule has 0 radical (unpaired) electrons. The van der Waals surface area contributed by atoms with Crippen molar-refractivity contribution in [3.8, 4) is 0 Å². The maximum atomic E-state index is 9.23. The minimum atomic E-state index is -2.02.